The molecular formula is C40H44F4N4. The molecule has 3 aliphatic rings. The van der Waals surface area contributed by atoms with Gasteiger partial charge in [-0.05, 0) is 122 Å². The van der Waals surface area contributed by atoms with Gasteiger partial charge in [-0.25, -0.2) is 0 Å². The minimum Gasteiger partial charge on any atom is -0.252 e. The van der Waals surface area contributed by atoms with Gasteiger partial charge in [0.2, 0.25) is 23.8 Å². The molecule has 0 aliphatic heterocycles. The van der Waals surface area contributed by atoms with E-state index in [2.05, 4.69) is 35.9 Å². The largest absolute Gasteiger partial charge is 0.252 e. The lowest BCUT2D eigenvalue weighted by atomic mass is 9.68. The van der Waals surface area contributed by atoms with Crippen molar-refractivity contribution in [3.8, 4) is 22.5 Å². The highest BCUT2D eigenvalue weighted by Gasteiger charge is 2.41. The lowest BCUT2D eigenvalue weighted by Gasteiger charge is -2.38. The average molecular weight is 657 g/mol. The summed E-state index contributed by atoms with van der Waals surface area (Å²) in [6, 6.07) is 13.4. The number of aromatic nitrogens is 4. The van der Waals surface area contributed by atoms with E-state index in [0.29, 0.717) is 11.4 Å². The van der Waals surface area contributed by atoms with E-state index in [1.54, 1.807) is 0 Å². The molecule has 0 saturated heterocycles. The van der Waals surface area contributed by atoms with Crippen molar-refractivity contribution in [2.75, 3.05) is 0 Å². The zero-order valence-electron chi connectivity index (χ0n) is 28.0. The Labute approximate surface area is 280 Å². The molecule has 3 aliphatic carbocycles. The summed E-state index contributed by atoms with van der Waals surface area (Å²) in [5, 5.41) is 0. The predicted molar refractivity (Wildman–Crippen MR) is 179 cm³/mol. The molecule has 0 N–H and O–H groups in total. The van der Waals surface area contributed by atoms with Crippen molar-refractivity contribution in [1.29, 1.82) is 0 Å². The van der Waals surface area contributed by atoms with Gasteiger partial charge in [0.1, 0.15) is 0 Å². The van der Waals surface area contributed by atoms with Crippen molar-refractivity contribution in [3.05, 3.63) is 94.8 Å². The molecular weight excluding hydrogens is 612 g/mol. The Morgan fingerprint density at radius 1 is 0.500 bits per heavy atom. The Morgan fingerprint density at radius 3 is 1.29 bits per heavy atom. The number of pyridine rings is 4. The highest BCUT2D eigenvalue weighted by atomic mass is 19.1. The molecule has 4 nitrogen and oxygen atoms in total. The summed E-state index contributed by atoms with van der Waals surface area (Å²) in [5.41, 5.74) is 4.58. The third kappa shape index (κ3) is 6.64. The molecule has 4 heterocycles. The summed E-state index contributed by atoms with van der Waals surface area (Å²) in [6.07, 6.45) is 15.5. The summed E-state index contributed by atoms with van der Waals surface area (Å²) in [6.45, 7) is 4.64. The number of rotatable bonds is 8. The molecule has 0 unspecified atom stereocenters. The number of hydrogen-bond donors (Lipinski definition) is 0. The van der Waals surface area contributed by atoms with Gasteiger partial charge in [0.15, 0.2) is 0 Å². The highest BCUT2D eigenvalue weighted by Crippen LogP contribution is 2.48. The fourth-order valence-electron chi connectivity index (χ4n) is 8.95. The first-order chi connectivity index (χ1) is 23.0. The second-order valence-corrected chi connectivity index (χ2v) is 15.5. The Bertz CT molecular complexity index is 1680. The standard InChI is InChI=1S/C40H44F4N4/c1-38(14-6-7-15-38)24-26-20-30(28-10-12-34(41)47-36(28)43)45-32(22-26)40(18-4-3-5-19-40)33-23-27(25-39(2)16-8-9-17-39)21-31(46-33)29-11-13-35(42)48-37(29)44/h10-13,20-23H,3-9,14-19,24-25H2,1-2H3. The molecule has 0 aromatic carbocycles. The SMILES string of the molecule is CC1(Cc2cc(-c3ccc(F)nc3F)nc(C3(c4cc(CC5(C)CCCC5)cc(-c5ccc(F)nc5F)n4)CCCCC3)c2)CCCC1. The van der Waals surface area contributed by atoms with Crippen LogP contribution in [0, 0.1) is 34.6 Å². The smallest absolute Gasteiger partial charge is 0.224 e. The number of nitrogens with zero attached hydrogens (tertiary/aromatic N) is 4. The Kier molecular flexibility index (Phi) is 8.88. The second kappa shape index (κ2) is 13.0. The van der Waals surface area contributed by atoms with E-state index in [1.165, 1.54) is 49.9 Å². The van der Waals surface area contributed by atoms with Crippen LogP contribution >= 0.6 is 0 Å². The van der Waals surface area contributed by atoms with Crippen LogP contribution in [0.2, 0.25) is 0 Å². The zero-order valence-corrected chi connectivity index (χ0v) is 28.0. The summed E-state index contributed by atoms with van der Waals surface area (Å²) in [5.74, 6) is -3.52. The van der Waals surface area contributed by atoms with Crippen molar-refractivity contribution >= 4 is 0 Å². The Hall–Kier alpha value is -3.68. The van der Waals surface area contributed by atoms with E-state index in [0.717, 1.165) is 93.1 Å². The molecule has 4 aromatic rings. The Balaban J connectivity index is 1.42. The minimum atomic E-state index is -0.887. The molecule has 48 heavy (non-hydrogen) atoms. The molecule has 0 spiro atoms. The molecule has 8 heteroatoms. The quantitative estimate of drug-likeness (QED) is 0.140. The van der Waals surface area contributed by atoms with Gasteiger partial charge in [-0.15, -0.1) is 0 Å². The number of halogens is 4. The molecule has 0 amide bonds. The topological polar surface area (TPSA) is 51.6 Å². The van der Waals surface area contributed by atoms with Gasteiger partial charge >= 0.3 is 0 Å². The van der Waals surface area contributed by atoms with Crippen LogP contribution in [0.1, 0.15) is 120 Å². The third-order valence-electron chi connectivity index (χ3n) is 11.5. The van der Waals surface area contributed by atoms with Gasteiger partial charge < -0.3 is 0 Å². The fraction of sp³-hybridized carbons (Fsp3) is 0.500. The van der Waals surface area contributed by atoms with Crippen molar-refractivity contribution in [2.24, 2.45) is 10.8 Å². The normalized spacial score (nSPS) is 19.9. The minimum absolute atomic E-state index is 0.129. The molecule has 252 valence electrons. The van der Waals surface area contributed by atoms with E-state index in [4.69, 9.17) is 9.97 Å². The first kappa shape index (κ1) is 32.8. The second-order valence-electron chi connectivity index (χ2n) is 15.5. The lowest BCUT2D eigenvalue weighted by molar-refractivity contribution is 0.322. The van der Waals surface area contributed by atoms with Gasteiger partial charge in [-0.1, -0.05) is 58.8 Å². The Morgan fingerprint density at radius 2 is 0.896 bits per heavy atom. The van der Waals surface area contributed by atoms with Crippen molar-refractivity contribution < 1.29 is 17.6 Å². The van der Waals surface area contributed by atoms with Crippen LogP contribution in [0.25, 0.3) is 22.5 Å². The molecule has 0 bridgehead atoms. The maximum Gasteiger partial charge on any atom is 0.224 e. The molecule has 3 saturated carbocycles. The lowest BCUT2D eigenvalue weighted by Crippen LogP contribution is -2.33. The zero-order chi connectivity index (χ0) is 33.5. The van der Waals surface area contributed by atoms with Crippen LogP contribution in [0.5, 0.6) is 0 Å². The van der Waals surface area contributed by atoms with E-state index >= 15 is 8.78 Å². The van der Waals surface area contributed by atoms with Crippen LogP contribution in [-0.4, -0.2) is 19.9 Å². The molecule has 3 fully saturated rings. The van der Waals surface area contributed by atoms with E-state index in [-0.39, 0.29) is 22.0 Å². The van der Waals surface area contributed by atoms with E-state index < -0.39 is 29.2 Å². The third-order valence-corrected chi connectivity index (χ3v) is 11.5. The fourth-order valence-corrected chi connectivity index (χ4v) is 8.95. The van der Waals surface area contributed by atoms with Crippen LogP contribution in [-0.2, 0) is 18.3 Å². The summed E-state index contributed by atoms with van der Waals surface area (Å²) >= 11 is 0. The first-order valence-corrected chi connectivity index (χ1v) is 17.7. The predicted octanol–water partition coefficient (Wildman–Crippen LogP) is 10.7. The summed E-state index contributed by atoms with van der Waals surface area (Å²) in [7, 11) is 0. The van der Waals surface area contributed by atoms with Gasteiger partial charge in [0, 0.05) is 0 Å². The maximum atomic E-state index is 15.3. The maximum absolute atomic E-state index is 15.3. The summed E-state index contributed by atoms with van der Waals surface area (Å²) < 4.78 is 58.4. The molecule has 7 rings (SSSR count). The average Bonchev–Trinajstić information content (AvgIpc) is 3.68. The monoisotopic (exact) mass is 656 g/mol. The van der Waals surface area contributed by atoms with Crippen LogP contribution in [0.15, 0.2) is 48.5 Å². The van der Waals surface area contributed by atoms with Gasteiger partial charge in [-0.3, -0.25) is 9.97 Å². The van der Waals surface area contributed by atoms with Crippen molar-refractivity contribution in [2.45, 2.75) is 116 Å². The van der Waals surface area contributed by atoms with Crippen molar-refractivity contribution in [3.63, 3.8) is 0 Å². The van der Waals surface area contributed by atoms with Gasteiger partial charge in [0.05, 0.1) is 39.3 Å². The van der Waals surface area contributed by atoms with Gasteiger partial charge in [-0.2, -0.15) is 27.5 Å². The van der Waals surface area contributed by atoms with Crippen LogP contribution < -0.4 is 0 Å². The molecule has 4 aromatic heterocycles. The highest BCUT2D eigenvalue weighted by molar-refractivity contribution is 5.62. The van der Waals surface area contributed by atoms with E-state index in [1.807, 2.05) is 12.1 Å². The van der Waals surface area contributed by atoms with E-state index in [9.17, 15) is 8.78 Å². The van der Waals surface area contributed by atoms with Crippen LogP contribution in [0.3, 0.4) is 0 Å². The first-order valence-electron chi connectivity index (χ1n) is 17.7. The van der Waals surface area contributed by atoms with Crippen molar-refractivity contribution in [1.82, 2.24) is 19.9 Å². The number of hydrogen-bond acceptors (Lipinski definition) is 4. The summed E-state index contributed by atoms with van der Waals surface area (Å²) in [4.78, 5) is 17.3. The molecule has 0 atom stereocenters. The van der Waals surface area contributed by atoms with Gasteiger partial charge in [0.25, 0.3) is 0 Å². The van der Waals surface area contributed by atoms with Crippen LogP contribution in [0.4, 0.5) is 17.6 Å². The molecule has 0 radical (unpaired) electrons.